The molecule has 0 aliphatic rings. The molecule has 0 fully saturated rings. The zero-order chi connectivity index (χ0) is 14.1. The van der Waals surface area contributed by atoms with Crippen LogP contribution >= 0.6 is 23.2 Å². The van der Waals surface area contributed by atoms with E-state index >= 15 is 0 Å². The molecule has 0 saturated carbocycles. The minimum Gasteiger partial charge on any atom is -0.508 e. The van der Waals surface area contributed by atoms with Gasteiger partial charge in [-0.05, 0) is 29.7 Å². The number of hydrogen-bond donors (Lipinski definition) is 1. The van der Waals surface area contributed by atoms with Gasteiger partial charge in [0.05, 0.1) is 5.02 Å². The summed E-state index contributed by atoms with van der Waals surface area (Å²) in [5.41, 5.74) is 0. The molecule has 0 aliphatic carbocycles. The third-order valence-corrected chi connectivity index (χ3v) is 3.28. The quantitative estimate of drug-likeness (QED) is 0.721. The topological polar surface area (TPSA) is 42.4 Å². The molecule has 0 spiro atoms. The maximum Gasteiger partial charge on any atom is 0.238 e. The van der Waals surface area contributed by atoms with Gasteiger partial charge < -0.3 is 9.84 Å². The molecule has 1 heterocycles. The Balaban J connectivity index is 2.08. The van der Waals surface area contributed by atoms with Crippen molar-refractivity contribution in [1.29, 1.82) is 0 Å². The van der Waals surface area contributed by atoms with E-state index in [-0.39, 0.29) is 11.6 Å². The average molecular weight is 306 g/mol. The molecule has 0 atom stereocenters. The van der Waals surface area contributed by atoms with Gasteiger partial charge in [-0.25, -0.2) is 4.98 Å². The number of hydrogen-bond acceptors (Lipinski definition) is 3. The van der Waals surface area contributed by atoms with Crippen molar-refractivity contribution in [3.05, 3.63) is 58.7 Å². The molecule has 0 bridgehead atoms. The number of rotatable bonds is 2. The van der Waals surface area contributed by atoms with Crippen LogP contribution in [-0.4, -0.2) is 10.1 Å². The molecule has 0 aliphatic heterocycles. The van der Waals surface area contributed by atoms with Gasteiger partial charge in [-0.15, -0.1) is 0 Å². The van der Waals surface area contributed by atoms with E-state index < -0.39 is 0 Å². The van der Waals surface area contributed by atoms with Crippen LogP contribution < -0.4 is 4.74 Å². The fourth-order valence-corrected chi connectivity index (χ4v) is 2.32. The summed E-state index contributed by atoms with van der Waals surface area (Å²) < 4.78 is 5.72. The third kappa shape index (κ3) is 2.50. The Labute approximate surface area is 125 Å². The smallest absolute Gasteiger partial charge is 0.238 e. The van der Waals surface area contributed by atoms with Crippen molar-refractivity contribution in [2.75, 3.05) is 0 Å². The molecule has 1 aromatic heterocycles. The minimum atomic E-state index is 0.170. The van der Waals surface area contributed by atoms with E-state index in [0.717, 1.165) is 10.8 Å². The first-order valence-electron chi connectivity index (χ1n) is 5.84. The monoisotopic (exact) mass is 305 g/mol. The molecular formula is C15H9Cl2NO2. The molecule has 1 N–H and O–H groups in total. The summed E-state index contributed by atoms with van der Waals surface area (Å²) in [6.45, 7) is 0. The predicted octanol–water partition coefficient (Wildman–Crippen LogP) is 5.04. The van der Waals surface area contributed by atoms with E-state index in [9.17, 15) is 5.11 Å². The summed E-state index contributed by atoms with van der Waals surface area (Å²) in [7, 11) is 0. The lowest BCUT2D eigenvalue weighted by Gasteiger charge is -2.09. The van der Waals surface area contributed by atoms with Gasteiger partial charge in [-0.2, -0.15) is 0 Å². The fraction of sp³-hybridized carbons (Fsp3) is 0. The zero-order valence-corrected chi connectivity index (χ0v) is 11.7. The zero-order valence-electron chi connectivity index (χ0n) is 10.2. The van der Waals surface area contributed by atoms with Gasteiger partial charge in [0.15, 0.2) is 0 Å². The van der Waals surface area contributed by atoms with Crippen LogP contribution in [0.25, 0.3) is 10.8 Å². The standard InChI is InChI=1S/C15H9Cl2NO2/c16-10-6-13(17)15(18-8-10)20-14-3-1-2-9-4-5-11(19)7-12(9)14/h1-8,19H. The number of ether oxygens (including phenoxy) is 1. The summed E-state index contributed by atoms with van der Waals surface area (Å²) in [6, 6.07) is 12.2. The van der Waals surface area contributed by atoms with Crippen LogP contribution in [0.1, 0.15) is 0 Å². The molecule has 0 saturated heterocycles. The highest BCUT2D eigenvalue weighted by Crippen LogP contribution is 2.34. The van der Waals surface area contributed by atoms with Crippen molar-refractivity contribution in [1.82, 2.24) is 4.98 Å². The number of pyridine rings is 1. The molecule has 100 valence electrons. The first kappa shape index (κ1) is 13.0. The van der Waals surface area contributed by atoms with Crippen molar-refractivity contribution in [2.24, 2.45) is 0 Å². The largest absolute Gasteiger partial charge is 0.508 e. The third-order valence-electron chi connectivity index (χ3n) is 2.81. The number of aromatic hydroxyl groups is 1. The van der Waals surface area contributed by atoms with Crippen molar-refractivity contribution < 1.29 is 9.84 Å². The number of phenols is 1. The van der Waals surface area contributed by atoms with Crippen molar-refractivity contribution in [2.45, 2.75) is 0 Å². The lowest BCUT2D eigenvalue weighted by Crippen LogP contribution is -1.90. The van der Waals surface area contributed by atoms with Gasteiger partial charge >= 0.3 is 0 Å². The first-order valence-corrected chi connectivity index (χ1v) is 6.60. The normalized spacial score (nSPS) is 10.7. The molecule has 0 amide bonds. The number of nitrogens with zero attached hydrogens (tertiary/aromatic N) is 1. The molecule has 20 heavy (non-hydrogen) atoms. The minimum absolute atomic E-state index is 0.170. The van der Waals surface area contributed by atoms with Crippen molar-refractivity contribution in [3.63, 3.8) is 0 Å². The summed E-state index contributed by atoms with van der Waals surface area (Å²) in [5.74, 6) is 1.01. The highest BCUT2D eigenvalue weighted by Gasteiger charge is 2.09. The van der Waals surface area contributed by atoms with Crippen LogP contribution in [0.4, 0.5) is 0 Å². The summed E-state index contributed by atoms with van der Waals surface area (Å²) in [4.78, 5) is 4.05. The summed E-state index contributed by atoms with van der Waals surface area (Å²) >= 11 is 11.8. The molecule has 0 radical (unpaired) electrons. The molecule has 3 aromatic rings. The molecule has 0 unspecified atom stereocenters. The van der Waals surface area contributed by atoms with Gasteiger partial charge in [-0.1, -0.05) is 41.4 Å². The van der Waals surface area contributed by atoms with Gasteiger partial charge in [0, 0.05) is 11.6 Å². The van der Waals surface area contributed by atoms with E-state index in [0.29, 0.717) is 15.8 Å². The Hall–Kier alpha value is -1.97. The van der Waals surface area contributed by atoms with Crippen molar-refractivity contribution in [3.8, 4) is 17.4 Å². The Bertz CT molecular complexity index is 790. The molecular weight excluding hydrogens is 297 g/mol. The van der Waals surface area contributed by atoms with Gasteiger partial charge in [0.1, 0.15) is 16.5 Å². The lowest BCUT2D eigenvalue weighted by atomic mass is 10.1. The number of benzene rings is 2. The summed E-state index contributed by atoms with van der Waals surface area (Å²) in [5, 5.41) is 12.1. The lowest BCUT2D eigenvalue weighted by molar-refractivity contribution is 0.465. The van der Waals surface area contributed by atoms with Crippen LogP contribution in [0.15, 0.2) is 48.7 Å². The van der Waals surface area contributed by atoms with Crippen LogP contribution in [0.2, 0.25) is 10.0 Å². The Morgan fingerprint density at radius 3 is 2.70 bits per heavy atom. The van der Waals surface area contributed by atoms with Crippen LogP contribution in [0.5, 0.6) is 17.4 Å². The van der Waals surface area contributed by atoms with E-state index in [1.54, 1.807) is 24.3 Å². The van der Waals surface area contributed by atoms with Crippen LogP contribution in [0, 0.1) is 0 Å². The second-order valence-electron chi connectivity index (χ2n) is 4.20. The van der Waals surface area contributed by atoms with E-state index in [1.807, 2.05) is 18.2 Å². The van der Waals surface area contributed by atoms with Gasteiger partial charge in [-0.3, -0.25) is 0 Å². The molecule has 3 rings (SSSR count). The van der Waals surface area contributed by atoms with Gasteiger partial charge in [0.2, 0.25) is 5.88 Å². The van der Waals surface area contributed by atoms with Crippen LogP contribution in [-0.2, 0) is 0 Å². The Kier molecular flexibility index (Phi) is 3.38. The number of aromatic nitrogens is 1. The maximum atomic E-state index is 9.60. The second-order valence-corrected chi connectivity index (χ2v) is 5.05. The SMILES string of the molecule is Oc1ccc2cccc(Oc3ncc(Cl)cc3Cl)c2c1. The van der Waals surface area contributed by atoms with E-state index in [2.05, 4.69) is 4.98 Å². The van der Waals surface area contributed by atoms with Crippen molar-refractivity contribution >= 4 is 34.0 Å². The second kappa shape index (κ2) is 5.19. The Morgan fingerprint density at radius 2 is 1.90 bits per heavy atom. The van der Waals surface area contributed by atoms with Gasteiger partial charge in [0.25, 0.3) is 0 Å². The highest BCUT2D eigenvalue weighted by atomic mass is 35.5. The summed E-state index contributed by atoms with van der Waals surface area (Å²) in [6.07, 6.45) is 1.46. The number of fused-ring (bicyclic) bond motifs is 1. The number of halogens is 2. The van der Waals surface area contributed by atoms with E-state index in [1.165, 1.54) is 6.20 Å². The molecule has 3 nitrogen and oxygen atoms in total. The Morgan fingerprint density at radius 1 is 1.05 bits per heavy atom. The average Bonchev–Trinajstić information content (AvgIpc) is 2.42. The molecule has 5 heteroatoms. The highest BCUT2D eigenvalue weighted by molar-refractivity contribution is 6.35. The predicted molar refractivity (Wildman–Crippen MR) is 79.9 cm³/mol. The maximum absolute atomic E-state index is 9.60. The van der Waals surface area contributed by atoms with E-state index in [4.69, 9.17) is 27.9 Å². The molecule has 2 aromatic carbocycles. The first-order chi connectivity index (χ1) is 9.63. The van der Waals surface area contributed by atoms with Crippen LogP contribution in [0.3, 0.4) is 0 Å². The number of phenolic OH excluding ortho intramolecular Hbond substituents is 1. The fourth-order valence-electron chi connectivity index (χ4n) is 1.90.